The van der Waals surface area contributed by atoms with Gasteiger partial charge in [0.2, 0.25) is 0 Å². The summed E-state index contributed by atoms with van der Waals surface area (Å²) in [6.07, 6.45) is 0.941. The topological polar surface area (TPSA) is 76.1 Å². The van der Waals surface area contributed by atoms with Gasteiger partial charge in [0.05, 0.1) is 12.1 Å². The van der Waals surface area contributed by atoms with Crippen LogP contribution >= 0.6 is 11.6 Å². The number of methoxy groups -OCH3 is 1. The average molecular weight is 397 g/mol. The lowest BCUT2D eigenvalue weighted by molar-refractivity contribution is 0.102. The van der Waals surface area contributed by atoms with Crippen LogP contribution in [0.1, 0.15) is 23.8 Å². The van der Waals surface area contributed by atoms with Gasteiger partial charge in [-0.15, -0.1) is 0 Å². The number of nitrogens with one attached hydrogen (secondary N) is 2. The van der Waals surface area contributed by atoms with Crippen LogP contribution in [-0.2, 0) is 0 Å². The molecule has 0 aliphatic heterocycles. The lowest BCUT2D eigenvalue weighted by Crippen LogP contribution is -2.16. The zero-order valence-electron chi connectivity index (χ0n) is 15.7. The van der Waals surface area contributed by atoms with E-state index in [0.717, 1.165) is 18.5 Å². The van der Waals surface area contributed by atoms with Crippen molar-refractivity contribution in [2.24, 2.45) is 0 Å². The molecular weight excluding hydrogens is 376 g/mol. The summed E-state index contributed by atoms with van der Waals surface area (Å²) in [5.74, 6) is 1.28. The van der Waals surface area contributed by atoms with Crippen molar-refractivity contribution in [2.45, 2.75) is 13.3 Å². The summed E-state index contributed by atoms with van der Waals surface area (Å²) >= 11 is 6.13. The summed E-state index contributed by atoms with van der Waals surface area (Å²) in [6.45, 7) is 2.81. The van der Waals surface area contributed by atoms with Crippen molar-refractivity contribution in [1.82, 2.24) is 9.97 Å². The zero-order valence-corrected chi connectivity index (χ0v) is 16.5. The quantitative estimate of drug-likeness (QED) is 0.595. The Balaban J connectivity index is 1.90. The number of anilines is 2. The van der Waals surface area contributed by atoms with Gasteiger partial charge in [-0.2, -0.15) is 0 Å². The summed E-state index contributed by atoms with van der Waals surface area (Å²) in [6, 6.07) is 16.2. The lowest BCUT2D eigenvalue weighted by atomic mass is 10.2. The van der Waals surface area contributed by atoms with E-state index >= 15 is 0 Å². The molecule has 3 aromatic rings. The maximum Gasteiger partial charge on any atom is 0.274 e. The summed E-state index contributed by atoms with van der Waals surface area (Å²) in [7, 11) is 1.54. The molecular formula is C21H21ClN4O2. The van der Waals surface area contributed by atoms with Crippen LogP contribution in [0.5, 0.6) is 5.75 Å². The van der Waals surface area contributed by atoms with Gasteiger partial charge in [0.15, 0.2) is 5.82 Å². The lowest BCUT2D eigenvalue weighted by Gasteiger charge is -2.11. The molecule has 0 bridgehead atoms. The maximum atomic E-state index is 12.8. The number of nitrogens with zero attached hydrogens (tertiary/aromatic N) is 2. The molecule has 2 N–H and O–H groups in total. The third-order valence-electron chi connectivity index (χ3n) is 3.96. The number of ether oxygens (including phenoxy) is 1. The monoisotopic (exact) mass is 396 g/mol. The molecule has 144 valence electrons. The zero-order chi connectivity index (χ0) is 19.9. The molecule has 6 nitrogen and oxygen atoms in total. The van der Waals surface area contributed by atoms with Crippen molar-refractivity contribution in [2.75, 3.05) is 24.3 Å². The highest BCUT2D eigenvalue weighted by Gasteiger charge is 2.14. The third kappa shape index (κ3) is 4.78. The molecule has 7 heteroatoms. The van der Waals surface area contributed by atoms with Crippen molar-refractivity contribution in [3.63, 3.8) is 0 Å². The fourth-order valence-electron chi connectivity index (χ4n) is 2.56. The molecule has 0 atom stereocenters. The van der Waals surface area contributed by atoms with E-state index in [4.69, 9.17) is 16.3 Å². The van der Waals surface area contributed by atoms with Crippen molar-refractivity contribution in [3.05, 3.63) is 65.3 Å². The molecule has 0 radical (unpaired) electrons. The van der Waals surface area contributed by atoms with Gasteiger partial charge in [0.1, 0.15) is 17.3 Å². The Labute approximate surface area is 168 Å². The highest BCUT2D eigenvalue weighted by molar-refractivity contribution is 6.32. The molecule has 0 unspecified atom stereocenters. The average Bonchev–Trinajstić information content (AvgIpc) is 2.73. The number of rotatable bonds is 7. The van der Waals surface area contributed by atoms with Crippen LogP contribution in [-0.4, -0.2) is 29.5 Å². The summed E-state index contributed by atoms with van der Waals surface area (Å²) in [5.41, 5.74) is 1.65. The minimum atomic E-state index is -0.347. The summed E-state index contributed by atoms with van der Waals surface area (Å²) in [4.78, 5) is 21.8. The Morgan fingerprint density at radius 1 is 1.11 bits per heavy atom. The molecule has 1 heterocycles. The maximum absolute atomic E-state index is 12.8. The van der Waals surface area contributed by atoms with Crippen molar-refractivity contribution in [1.29, 1.82) is 0 Å². The number of hydrogen-bond donors (Lipinski definition) is 2. The van der Waals surface area contributed by atoms with Gasteiger partial charge in [-0.25, -0.2) is 9.97 Å². The Hall–Kier alpha value is -3.12. The first-order valence-electron chi connectivity index (χ1n) is 8.94. The summed E-state index contributed by atoms with van der Waals surface area (Å²) in [5, 5.41) is 6.45. The highest BCUT2D eigenvalue weighted by atomic mass is 35.5. The van der Waals surface area contributed by atoms with E-state index in [-0.39, 0.29) is 11.6 Å². The van der Waals surface area contributed by atoms with E-state index in [1.54, 1.807) is 24.3 Å². The SMILES string of the molecule is CCCNc1cc(C(=O)Nc2ccc(OC)c(Cl)c2)nc(-c2ccccc2)n1. The molecule has 2 aromatic carbocycles. The van der Waals surface area contributed by atoms with E-state index in [9.17, 15) is 4.79 Å². The minimum absolute atomic E-state index is 0.263. The number of hydrogen-bond acceptors (Lipinski definition) is 5. The Bertz CT molecular complexity index is 964. The second-order valence-electron chi connectivity index (χ2n) is 6.06. The first kappa shape index (κ1) is 19.6. The molecule has 0 aliphatic carbocycles. The highest BCUT2D eigenvalue weighted by Crippen LogP contribution is 2.27. The molecule has 3 rings (SSSR count). The second kappa shape index (κ2) is 9.19. The van der Waals surface area contributed by atoms with Crippen molar-refractivity contribution in [3.8, 4) is 17.1 Å². The van der Waals surface area contributed by atoms with Crippen molar-refractivity contribution >= 4 is 29.0 Å². The van der Waals surface area contributed by atoms with Gasteiger partial charge in [0.25, 0.3) is 5.91 Å². The van der Waals surface area contributed by atoms with E-state index < -0.39 is 0 Å². The number of aromatic nitrogens is 2. The van der Waals surface area contributed by atoms with Gasteiger partial charge < -0.3 is 15.4 Å². The van der Waals surface area contributed by atoms with Gasteiger partial charge >= 0.3 is 0 Å². The Kier molecular flexibility index (Phi) is 6.45. The Morgan fingerprint density at radius 2 is 1.89 bits per heavy atom. The number of amides is 1. The van der Waals surface area contributed by atoms with Crippen LogP contribution in [0.2, 0.25) is 5.02 Å². The van der Waals surface area contributed by atoms with Gasteiger partial charge in [-0.3, -0.25) is 4.79 Å². The third-order valence-corrected chi connectivity index (χ3v) is 4.25. The molecule has 0 saturated carbocycles. The molecule has 1 amide bonds. The molecule has 0 spiro atoms. The van der Waals surface area contributed by atoms with E-state index in [0.29, 0.717) is 28.1 Å². The standard InChI is InChI=1S/C21H21ClN4O2/c1-3-11-23-19-13-17(25-20(26-19)14-7-5-4-6-8-14)21(27)24-15-9-10-18(28-2)16(22)12-15/h4-10,12-13H,3,11H2,1-2H3,(H,24,27)(H,23,25,26). The summed E-state index contributed by atoms with van der Waals surface area (Å²) < 4.78 is 5.13. The smallest absolute Gasteiger partial charge is 0.274 e. The first-order valence-corrected chi connectivity index (χ1v) is 9.31. The van der Waals surface area contributed by atoms with E-state index in [2.05, 4.69) is 27.5 Å². The number of carbonyl (C=O) groups excluding carboxylic acids is 1. The predicted octanol–water partition coefficient (Wildman–Crippen LogP) is 4.88. The normalized spacial score (nSPS) is 10.4. The molecule has 0 fully saturated rings. The fraction of sp³-hybridized carbons (Fsp3) is 0.190. The van der Waals surface area contributed by atoms with Gasteiger partial charge in [0, 0.05) is 23.9 Å². The second-order valence-corrected chi connectivity index (χ2v) is 6.47. The largest absolute Gasteiger partial charge is 0.495 e. The predicted molar refractivity (Wildman–Crippen MR) is 112 cm³/mol. The van der Waals surface area contributed by atoms with E-state index in [1.165, 1.54) is 7.11 Å². The van der Waals surface area contributed by atoms with Crippen molar-refractivity contribution < 1.29 is 9.53 Å². The molecule has 28 heavy (non-hydrogen) atoms. The fourth-order valence-corrected chi connectivity index (χ4v) is 2.82. The molecule has 1 aromatic heterocycles. The van der Waals surface area contributed by atoms with E-state index in [1.807, 2.05) is 30.3 Å². The van der Waals surface area contributed by atoms with Crippen LogP contribution in [0, 0.1) is 0 Å². The van der Waals surface area contributed by atoms with Crippen LogP contribution in [0.25, 0.3) is 11.4 Å². The number of benzene rings is 2. The van der Waals surface area contributed by atoms with Crippen LogP contribution < -0.4 is 15.4 Å². The van der Waals surface area contributed by atoms with Gasteiger partial charge in [-0.05, 0) is 24.6 Å². The molecule has 0 saturated heterocycles. The number of halogens is 1. The van der Waals surface area contributed by atoms with Crippen LogP contribution in [0.3, 0.4) is 0 Å². The van der Waals surface area contributed by atoms with Crippen LogP contribution in [0.15, 0.2) is 54.6 Å². The Morgan fingerprint density at radius 3 is 2.57 bits per heavy atom. The van der Waals surface area contributed by atoms with Crippen LogP contribution in [0.4, 0.5) is 11.5 Å². The minimum Gasteiger partial charge on any atom is -0.495 e. The van der Waals surface area contributed by atoms with Gasteiger partial charge in [-0.1, -0.05) is 48.9 Å². The first-order chi connectivity index (χ1) is 13.6. The molecule has 0 aliphatic rings. The number of carbonyl (C=O) groups is 1.